The lowest BCUT2D eigenvalue weighted by molar-refractivity contribution is 0.444. The van der Waals surface area contributed by atoms with Crippen LogP contribution in [0.25, 0.3) is 0 Å². The predicted molar refractivity (Wildman–Crippen MR) is 62.7 cm³/mol. The molecule has 0 amide bonds. The highest BCUT2D eigenvalue weighted by molar-refractivity contribution is 5.46. The van der Waals surface area contributed by atoms with Crippen molar-refractivity contribution in [2.45, 2.75) is 20.8 Å². The molecule has 17 heavy (non-hydrogen) atoms. The highest BCUT2D eigenvalue weighted by Crippen LogP contribution is 2.29. The van der Waals surface area contributed by atoms with Crippen LogP contribution in [0.15, 0.2) is 24.5 Å². The second kappa shape index (κ2) is 4.49. The molecule has 0 unspecified atom stereocenters. The van der Waals surface area contributed by atoms with E-state index in [1.165, 1.54) is 6.07 Å². The molecule has 0 bridgehead atoms. The summed E-state index contributed by atoms with van der Waals surface area (Å²) in [6.07, 6.45) is 1.14. The van der Waals surface area contributed by atoms with E-state index >= 15 is 0 Å². The van der Waals surface area contributed by atoms with Gasteiger partial charge in [-0.25, -0.2) is 9.97 Å². The van der Waals surface area contributed by atoms with E-state index < -0.39 is 5.95 Å². The normalized spacial score (nSPS) is 10.4. The molecule has 0 spiro atoms. The number of nitrogens with zero attached hydrogens (tertiary/aromatic N) is 2. The summed E-state index contributed by atoms with van der Waals surface area (Å²) in [6.45, 7) is 5.91. The van der Waals surface area contributed by atoms with Gasteiger partial charge in [0.25, 0.3) is 0 Å². The van der Waals surface area contributed by atoms with Crippen molar-refractivity contribution in [3.8, 4) is 11.6 Å². The summed E-state index contributed by atoms with van der Waals surface area (Å²) in [6, 6.07) is 5.16. The number of rotatable bonds is 2. The molecule has 0 aliphatic carbocycles. The minimum atomic E-state index is -0.599. The van der Waals surface area contributed by atoms with Gasteiger partial charge in [0.1, 0.15) is 12.1 Å². The quantitative estimate of drug-likeness (QED) is 0.745. The Morgan fingerprint density at radius 1 is 1.06 bits per heavy atom. The molecule has 1 aromatic carbocycles. The van der Waals surface area contributed by atoms with Crippen LogP contribution >= 0.6 is 0 Å². The van der Waals surface area contributed by atoms with Crippen LogP contribution in [0.4, 0.5) is 4.39 Å². The van der Waals surface area contributed by atoms with Gasteiger partial charge in [-0.3, -0.25) is 0 Å². The van der Waals surface area contributed by atoms with E-state index in [0.29, 0.717) is 0 Å². The molecule has 4 heteroatoms. The fraction of sp³-hybridized carbons (Fsp3) is 0.231. The van der Waals surface area contributed by atoms with Crippen molar-refractivity contribution < 1.29 is 9.13 Å². The van der Waals surface area contributed by atoms with Crippen LogP contribution in [-0.2, 0) is 0 Å². The van der Waals surface area contributed by atoms with Gasteiger partial charge in [0.2, 0.25) is 11.8 Å². The number of hydrogen-bond acceptors (Lipinski definition) is 3. The molecule has 2 aromatic rings. The summed E-state index contributed by atoms with van der Waals surface area (Å²) < 4.78 is 18.5. The Labute approximate surface area is 99.3 Å². The van der Waals surface area contributed by atoms with Gasteiger partial charge >= 0.3 is 0 Å². The van der Waals surface area contributed by atoms with Gasteiger partial charge in [0, 0.05) is 0 Å². The van der Waals surface area contributed by atoms with Gasteiger partial charge in [-0.1, -0.05) is 12.1 Å². The summed E-state index contributed by atoms with van der Waals surface area (Å²) in [7, 11) is 0. The minimum absolute atomic E-state index is 0.217. The Hall–Kier alpha value is -1.97. The number of hydrogen-bond donors (Lipinski definition) is 0. The van der Waals surface area contributed by atoms with E-state index in [1.807, 2.05) is 32.9 Å². The van der Waals surface area contributed by atoms with E-state index in [0.717, 1.165) is 28.8 Å². The van der Waals surface area contributed by atoms with Gasteiger partial charge in [0.15, 0.2) is 0 Å². The summed E-state index contributed by atoms with van der Waals surface area (Å²) in [5, 5.41) is 0. The molecule has 0 saturated heterocycles. The van der Waals surface area contributed by atoms with Crippen LogP contribution in [0.5, 0.6) is 11.6 Å². The lowest BCUT2D eigenvalue weighted by Gasteiger charge is -2.12. The molecular weight excluding hydrogens is 219 g/mol. The topological polar surface area (TPSA) is 35.0 Å². The molecule has 0 atom stereocenters. The highest BCUT2D eigenvalue weighted by Gasteiger charge is 2.09. The third-order valence-electron chi connectivity index (χ3n) is 2.69. The molecule has 1 aromatic heterocycles. The Morgan fingerprint density at radius 3 is 2.47 bits per heavy atom. The highest BCUT2D eigenvalue weighted by atomic mass is 19.1. The number of benzene rings is 1. The molecule has 0 fully saturated rings. The standard InChI is InChI=1S/C13H13FN2O/c1-8-4-5-9(2)13(10(8)3)17-12-6-11(14)15-7-16-12/h4-7H,1-3H3. The van der Waals surface area contributed by atoms with Crippen LogP contribution in [0.3, 0.4) is 0 Å². The predicted octanol–water partition coefficient (Wildman–Crippen LogP) is 3.33. The van der Waals surface area contributed by atoms with Crippen LogP contribution in [0, 0.1) is 26.7 Å². The van der Waals surface area contributed by atoms with Crippen molar-refractivity contribution in [3.05, 3.63) is 47.2 Å². The Balaban J connectivity index is 2.39. The van der Waals surface area contributed by atoms with Gasteiger partial charge < -0.3 is 4.74 Å². The zero-order chi connectivity index (χ0) is 12.4. The molecular formula is C13H13FN2O. The first-order valence-electron chi connectivity index (χ1n) is 5.30. The van der Waals surface area contributed by atoms with Crippen LogP contribution in [0.2, 0.25) is 0 Å². The lowest BCUT2D eigenvalue weighted by atomic mass is 10.1. The summed E-state index contributed by atoms with van der Waals surface area (Å²) in [5.74, 6) is 0.343. The Kier molecular flexibility index (Phi) is 3.04. The van der Waals surface area contributed by atoms with Gasteiger partial charge in [-0.05, 0) is 37.5 Å². The molecule has 2 rings (SSSR count). The number of aryl methyl sites for hydroxylation is 2. The van der Waals surface area contributed by atoms with Crippen molar-refractivity contribution >= 4 is 0 Å². The van der Waals surface area contributed by atoms with Gasteiger partial charge in [-0.15, -0.1) is 0 Å². The lowest BCUT2D eigenvalue weighted by Crippen LogP contribution is -1.96. The molecule has 3 nitrogen and oxygen atoms in total. The molecule has 0 aliphatic heterocycles. The number of ether oxygens (including phenoxy) is 1. The summed E-state index contributed by atoms with van der Waals surface area (Å²) >= 11 is 0. The first-order valence-corrected chi connectivity index (χ1v) is 5.30. The van der Waals surface area contributed by atoms with Crippen molar-refractivity contribution in [3.63, 3.8) is 0 Å². The van der Waals surface area contributed by atoms with Crippen molar-refractivity contribution in [1.82, 2.24) is 9.97 Å². The maximum atomic E-state index is 12.9. The smallest absolute Gasteiger partial charge is 0.225 e. The van der Waals surface area contributed by atoms with Gasteiger partial charge in [0.05, 0.1) is 6.07 Å². The molecule has 0 N–H and O–H groups in total. The van der Waals surface area contributed by atoms with E-state index in [1.54, 1.807) is 0 Å². The maximum absolute atomic E-state index is 12.9. The van der Waals surface area contributed by atoms with E-state index in [4.69, 9.17) is 4.74 Å². The molecule has 0 radical (unpaired) electrons. The second-order valence-corrected chi connectivity index (χ2v) is 3.93. The third-order valence-corrected chi connectivity index (χ3v) is 2.69. The Bertz CT molecular complexity index is 555. The first-order chi connectivity index (χ1) is 8.08. The second-order valence-electron chi connectivity index (χ2n) is 3.93. The Morgan fingerprint density at radius 2 is 1.76 bits per heavy atom. The average Bonchev–Trinajstić information content (AvgIpc) is 2.30. The zero-order valence-electron chi connectivity index (χ0n) is 9.99. The summed E-state index contributed by atoms with van der Waals surface area (Å²) in [5.41, 5.74) is 3.15. The monoisotopic (exact) mass is 232 g/mol. The molecule has 88 valence electrons. The summed E-state index contributed by atoms with van der Waals surface area (Å²) in [4.78, 5) is 7.26. The van der Waals surface area contributed by atoms with Crippen LogP contribution in [-0.4, -0.2) is 9.97 Å². The first kappa shape index (κ1) is 11.5. The number of aromatic nitrogens is 2. The average molecular weight is 232 g/mol. The zero-order valence-corrected chi connectivity index (χ0v) is 9.99. The van der Waals surface area contributed by atoms with Crippen molar-refractivity contribution in [2.75, 3.05) is 0 Å². The fourth-order valence-electron chi connectivity index (χ4n) is 1.56. The molecule has 0 aliphatic rings. The van der Waals surface area contributed by atoms with Gasteiger partial charge in [-0.2, -0.15) is 4.39 Å². The SMILES string of the molecule is Cc1ccc(C)c(Oc2cc(F)ncn2)c1C. The van der Waals surface area contributed by atoms with E-state index in [9.17, 15) is 4.39 Å². The third kappa shape index (κ3) is 2.41. The van der Waals surface area contributed by atoms with Crippen molar-refractivity contribution in [2.24, 2.45) is 0 Å². The molecule has 1 heterocycles. The van der Waals surface area contributed by atoms with E-state index in [2.05, 4.69) is 9.97 Å². The van der Waals surface area contributed by atoms with E-state index in [-0.39, 0.29) is 5.88 Å². The van der Waals surface area contributed by atoms with Crippen LogP contribution in [0.1, 0.15) is 16.7 Å². The van der Waals surface area contributed by atoms with Crippen LogP contribution < -0.4 is 4.74 Å². The maximum Gasteiger partial charge on any atom is 0.225 e. The minimum Gasteiger partial charge on any atom is -0.438 e. The molecule has 0 saturated carbocycles. The fourth-order valence-corrected chi connectivity index (χ4v) is 1.56. The van der Waals surface area contributed by atoms with Crippen molar-refractivity contribution in [1.29, 1.82) is 0 Å². The largest absolute Gasteiger partial charge is 0.438 e. The number of halogens is 1.